The molecule has 2 amide bonds. The fourth-order valence-corrected chi connectivity index (χ4v) is 3.74. The maximum atomic E-state index is 12.7. The van der Waals surface area contributed by atoms with Gasteiger partial charge in [-0.15, -0.1) is 15.3 Å². The summed E-state index contributed by atoms with van der Waals surface area (Å²) in [5, 5.41) is 18.2. The second-order valence-electron chi connectivity index (χ2n) is 6.13. The predicted octanol–water partition coefficient (Wildman–Crippen LogP) is 3.34. The van der Waals surface area contributed by atoms with Crippen LogP contribution in [0.5, 0.6) is 0 Å². The van der Waals surface area contributed by atoms with Gasteiger partial charge in [-0.2, -0.15) is 4.52 Å². The summed E-state index contributed by atoms with van der Waals surface area (Å²) < 4.78 is 1.48. The molecule has 0 aliphatic carbocycles. The molecule has 146 valence electrons. The third-order valence-corrected chi connectivity index (χ3v) is 5.31. The molecule has 29 heavy (non-hydrogen) atoms. The Labute approximate surface area is 174 Å². The number of hydrogen-bond donors (Lipinski definition) is 2. The number of fused-ring (bicyclic) bond motifs is 1. The molecule has 0 aliphatic heterocycles. The van der Waals surface area contributed by atoms with E-state index in [9.17, 15) is 9.59 Å². The van der Waals surface area contributed by atoms with E-state index < -0.39 is 6.04 Å². The zero-order valence-corrected chi connectivity index (χ0v) is 16.5. The lowest BCUT2D eigenvalue weighted by Crippen LogP contribution is -2.31. The number of benzene rings is 2. The highest BCUT2D eigenvalue weighted by atomic mass is 35.5. The van der Waals surface area contributed by atoms with E-state index in [4.69, 9.17) is 11.6 Å². The summed E-state index contributed by atoms with van der Waals surface area (Å²) in [6, 6.07) is 15.5. The average Bonchev–Trinajstić information content (AvgIpc) is 3.30. The van der Waals surface area contributed by atoms with Crippen molar-refractivity contribution in [2.24, 2.45) is 0 Å². The highest BCUT2D eigenvalue weighted by Crippen LogP contribution is 2.22. The molecule has 0 aliphatic rings. The number of aromatic nitrogens is 4. The molecule has 2 aromatic carbocycles. The van der Waals surface area contributed by atoms with E-state index in [-0.39, 0.29) is 18.2 Å². The largest absolute Gasteiger partial charge is 0.345 e. The Balaban J connectivity index is 1.51. The van der Waals surface area contributed by atoms with E-state index in [0.717, 1.165) is 5.56 Å². The van der Waals surface area contributed by atoms with Crippen LogP contribution in [0.3, 0.4) is 0 Å². The fraction of sp³-hybridized carbons (Fsp3) is 0.105. The summed E-state index contributed by atoms with van der Waals surface area (Å²) in [6.07, 6.45) is 1.48. The van der Waals surface area contributed by atoms with E-state index >= 15 is 0 Å². The normalized spacial score (nSPS) is 11.9. The second-order valence-corrected chi connectivity index (χ2v) is 7.50. The zero-order valence-electron chi connectivity index (χ0n) is 14.9. The standard InChI is InChI=1S/C19H15ClN6O2S/c20-14-9-5-4-8-13(14)17(28)22-15(12-6-2-1-3-7-12)10-16(27)23-18-25-26-11-21-24-19(26)29-18/h1-9,11,15H,10H2,(H,22,28)(H,23,25,27)/t15-/m0/s1. The van der Waals surface area contributed by atoms with Crippen molar-refractivity contribution < 1.29 is 9.59 Å². The molecule has 0 saturated carbocycles. The summed E-state index contributed by atoms with van der Waals surface area (Å²) in [6.45, 7) is 0. The number of carbonyl (C=O) groups excluding carboxylic acids is 2. The van der Waals surface area contributed by atoms with Crippen LogP contribution in [0.15, 0.2) is 60.9 Å². The highest BCUT2D eigenvalue weighted by molar-refractivity contribution is 7.20. The van der Waals surface area contributed by atoms with Gasteiger partial charge in [0.15, 0.2) is 0 Å². The SMILES string of the molecule is O=C(C[C@H](NC(=O)c1ccccc1Cl)c1ccccc1)Nc1nn2cnnc2s1. The van der Waals surface area contributed by atoms with Gasteiger partial charge in [-0.05, 0) is 17.7 Å². The molecule has 8 nitrogen and oxygen atoms in total. The molecule has 1 atom stereocenters. The smallest absolute Gasteiger partial charge is 0.253 e. The molecule has 4 aromatic rings. The topological polar surface area (TPSA) is 101 Å². The van der Waals surface area contributed by atoms with Crippen LogP contribution in [0.25, 0.3) is 4.96 Å². The van der Waals surface area contributed by atoms with E-state index in [1.54, 1.807) is 24.3 Å². The first-order valence-electron chi connectivity index (χ1n) is 8.67. The summed E-state index contributed by atoms with van der Waals surface area (Å²) in [5.41, 5.74) is 1.16. The Morgan fingerprint density at radius 1 is 1.10 bits per heavy atom. The van der Waals surface area contributed by atoms with E-state index in [2.05, 4.69) is 25.9 Å². The van der Waals surface area contributed by atoms with Crippen LogP contribution >= 0.6 is 22.9 Å². The van der Waals surface area contributed by atoms with E-state index in [1.165, 1.54) is 22.2 Å². The lowest BCUT2D eigenvalue weighted by atomic mass is 10.0. The molecule has 0 spiro atoms. The van der Waals surface area contributed by atoms with Gasteiger partial charge in [0.25, 0.3) is 5.91 Å². The van der Waals surface area contributed by atoms with Gasteiger partial charge >= 0.3 is 0 Å². The van der Waals surface area contributed by atoms with Crippen LogP contribution in [-0.2, 0) is 4.79 Å². The molecule has 4 rings (SSSR count). The highest BCUT2D eigenvalue weighted by Gasteiger charge is 2.21. The van der Waals surface area contributed by atoms with Crippen LogP contribution in [0.1, 0.15) is 28.4 Å². The number of amides is 2. The average molecular weight is 427 g/mol. The molecule has 0 radical (unpaired) electrons. The maximum absolute atomic E-state index is 12.7. The molecular weight excluding hydrogens is 412 g/mol. The number of nitrogens with one attached hydrogen (secondary N) is 2. The van der Waals surface area contributed by atoms with Crippen molar-refractivity contribution in [3.8, 4) is 0 Å². The van der Waals surface area contributed by atoms with Gasteiger partial charge in [0.1, 0.15) is 6.33 Å². The first kappa shape index (κ1) is 19.0. The van der Waals surface area contributed by atoms with Crippen molar-refractivity contribution in [1.29, 1.82) is 0 Å². The molecule has 0 unspecified atom stereocenters. The lowest BCUT2D eigenvalue weighted by molar-refractivity contribution is -0.116. The Kier molecular flexibility index (Phi) is 5.50. The van der Waals surface area contributed by atoms with Crippen molar-refractivity contribution in [3.63, 3.8) is 0 Å². The number of halogens is 1. The third-order valence-electron chi connectivity index (χ3n) is 4.15. The van der Waals surface area contributed by atoms with Crippen LogP contribution < -0.4 is 10.6 Å². The summed E-state index contributed by atoms with van der Waals surface area (Å²) in [5.74, 6) is -0.640. The number of carbonyl (C=O) groups is 2. The Morgan fingerprint density at radius 3 is 2.62 bits per heavy atom. The van der Waals surface area contributed by atoms with Gasteiger partial charge in [0.05, 0.1) is 23.0 Å². The van der Waals surface area contributed by atoms with Gasteiger partial charge in [-0.3, -0.25) is 9.59 Å². The van der Waals surface area contributed by atoms with Crippen LogP contribution in [0.2, 0.25) is 5.02 Å². The minimum Gasteiger partial charge on any atom is -0.345 e. The summed E-state index contributed by atoms with van der Waals surface area (Å²) in [4.78, 5) is 25.9. The van der Waals surface area contributed by atoms with Gasteiger partial charge in [-0.25, -0.2) is 0 Å². The molecule has 10 heteroatoms. The monoisotopic (exact) mass is 426 g/mol. The first-order chi connectivity index (χ1) is 14.1. The van der Waals surface area contributed by atoms with Crippen molar-refractivity contribution >= 4 is 44.8 Å². The molecular formula is C19H15ClN6O2S. The van der Waals surface area contributed by atoms with Crippen molar-refractivity contribution in [1.82, 2.24) is 25.1 Å². The van der Waals surface area contributed by atoms with Crippen LogP contribution in [0.4, 0.5) is 5.13 Å². The fourth-order valence-electron chi connectivity index (χ4n) is 2.78. The van der Waals surface area contributed by atoms with Gasteiger partial charge in [0.2, 0.25) is 16.0 Å². The lowest BCUT2D eigenvalue weighted by Gasteiger charge is -2.19. The zero-order chi connectivity index (χ0) is 20.2. The predicted molar refractivity (Wildman–Crippen MR) is 110 cm³/mol. The minimum atomic E-state index is -0.536. The van der Waals surface area contributed by atoms with Crippen molar-refractivity contribution in [3.05, 3.63) is 77.1 Å². The molecule has 0 fully saturated rings. The van der Waals surface area contributed by atoms with Crippen LogP contribution in [-0.4, -0.2) is 31.6 Å². The second kappa shape index (κ2) is 8.38. The number of hydrogen-bond acceptors (Lipinski definition) is 6. The van der Waals surface area contributed by atoms with Gasteiger partial charge < -0.3 is 10.6 Å². The maximum Gasteiger partial charge on any atom is 0.253 e. The van der Waals surface area contributed by atoms with Gasteiger partial charge in [-0.1, -0.05) is 65.4 Å². The number of rotatable bonds is 6. The Hall–Kier alpha value is -3.30. The molecule has 2 aromatic heterocycles. The summed E-state index contributed by atoms with van der Waals surface area (Å²) in [7, 11) is 0. The molecule has 2 heterocycles. The van der Waals surface area contributed by atoms with Crippen LogP contribution in [0, 0.1) is 0 Å². The van der Waals surface area contributed by atoms with Crippen molar-refractivity contribution in [2.45, 2.75) is 12.5 Å². The number of anilines is 1. The minimum absolute atomic E-state index is 0.0281. The van der Waals surface area contributed by atoms with Gasteiger partial charge in [0, 0.05) is 0 Å². The first-order valence-corrected chi connectivity index (χ1v) is 9.86. The van der Waals surface area contributed by atoms with E-state index in [1.807, 2.05) is 30.3 Å². The third kappa shape index (κ3) is 4.41. The molecule has 0 bridgehead atoms. The van der Waals surface area contributed by atoms with E-state index in [0.29, 0.717) is 20.7 Å². The molecule has 2 N–H and O–H groups in total. The summed E-state index contributed by atoms with van der Waals surface area (Å²) >= 11 is 7.34. The Bertz CT molecular complexity index is 1130. The number of nitrogens with zero attached hydrogens (tertiary/aromatic N) is 4. The Morgan fingerprint density at radius 2 is 1.86 bits per heavy atom. The quantitative estimate of drug-likeness (QED) is 0.492. The van der Waals surface area contributed by atoms with Crippen molar-refractivity contribution in [2.75, 3.05) is 5.32 Å². The molecule has 0 saturated heterocycles.